The maximum absolute atomic E-state index is 12.9. The molecule has 0 unspecified atom stereocenters. The van der Waals surface area contributed by atoms with E-state index in [1.807, 2.05) is 0 Å². The van der Waals surface area contributed by atoms with Gasteiger partial charge in [-0.15, -0.1) is 0 Å². The van der Waals surface area contributed by atoms with E-state index in [4.69, 9.17) is 18.9 Å². The highest BCUT2D eigenvalue weighted by molar-refractivity contribution is 6.05. The third kappa shape index (κ3) is 3.60. The Morgan fingerprint density at radius 2 is 1.37 bits per heavy atom. The van der Waals surface area contributed by atoms with Crippen molar-refractivity contribution in [3.63, 3.8) is 0 Å². The molecule has 0 amide bonds. The summed E-state index contributed by atoms with van der Waals surface area (Å²) in [5.41, 5.74) is 0.976. The maximum atomic E-state index is 12.9. The van der Waals surface area contributed by atoms with Crippen molar-refractivity contribution in [2.75, 3.05) is 21.0 Å². The monoisotopic (exact) mass is 370 g/mol. The smallest absolute Gasteiger partial charge is 0.231 e. The molecule has 0 radical (unpaired) electrons. The fourth-order valence-electron chi connectivity index (χ4n) is 3.02. The molecule has 0 fully saturated rings. The molecule has 6 heteroatoms. The number of rotatable bonds is 7. The first kappa shape index (κ1) is 18.8. The fourth-order valence-corrected chi connectivity index (χ4v) is 3.02. The summed E-state index contributed by atoms with van der Waals surface area (Å²) in [4.78, 5) is 25.7. The highest BCUT2D eigenvalue weighted by atomic mass is 16.7. The Morgan fingerprint density at radius 1 is 0.815 bits per heavy atom. The molecule has 0 saturated heterocycles. The van der Waals surface area contributed by atoms with Gasteiger partial charge >= 0.3 is 0 Å². The van der Waals surface area contributed by atoms with Gasteiger partial charge in [0, 0.05) is 23.0 Å². The van der Waals surface area contributed by atoms with Crippen LogP contribution in [-0.2, 0) is 0 Å². The van der Waals surface area contributed by atoms with E-state index in [-0.39, 0.29) is 18.4 Å². The van der Waals surface area contributed by atoms with Crippen molar-refractivity contribution >= 4 is 11.6 Å². The van der Waals surface area contributed by atoms with E-state index in [1.54, 1.807) is 50.2 Å². The van der Waals surface area contributed by atoms with E-state index in [0.29, 0.717) is 34.1 Å². The van der Waals surface area contributed by atoms with Gasteiger partial charge in [0.2, 0.25) is 6.79 Å². The van der Waals surface area contributed by atoms with Crippen molar-refractivity contribution in [2.45, 2.75) is 13.8 Å². The van der Waals surface area contributed by atoms with Gasteiger partial charge in [0.1, 0.15) is 0 Å². The zero-order valence-corrected chi connectivity index (χ0v) is 15.8. The highest BCUT2D eigenvalue weighted by Crippen LogP contribution is 2.34. The van der Waals surface area contributed by atoms with Crippen LogP contribution >= 0.6 is 0 Å². The summed E-state index contributed by atoms with van der Waals surface area (Å²) in [5.74, 6) is 0.955. The number of fused-ring (bicyclic) bond motifs is 1. The van der Waals surface area contributed by atoms with Crippen molar-refractivity contribution < 1.29 is 28.5 Å². The SMILES string of the molecule is COc1ccc(C(=O)[C@H](C)[C@@H](C)C(=O)c2ccc3c(c2)OCO3)cc1OC. The second kappa shape index (κ2) is 7.70. The maximum Gasteiger partial charge on any atom is 0.231 e. The van der Waals surface area contributed by atoms with E-state index in [2.05, 4.69) is 0 Å². The summed E-state index contributed by atoms with van der Waals surface area (Å²) in [6.45, 7) is 3.67. The first-order chi connectivity index (χ1) is 13.0. The van der Waals surface area contributed by atoms with Gasteiger partial charge in [0.15, 0.2) is 34.6 Å². The first-order valence-electron chi connectivity index (χ1n) is 8.66. The van der Waals surface area contributed by atoms with Crippen LogP contribution in [0, 0.1) is 11.8 Å². The van der Waals surface area contributed by atoms with Crippen LogP contribution in [0.25, 0.3) is 0 Å². The largest absolute Gasteiger partial charge is 0.493 e. The average Bonchev–Trinajstić information content (AvgIpc) is 3.18. The van der Waals surface area contributed by atoms with Gasteiger partial charge in [-0.05, 0) is 36.4 Å². The molecule has 0 saturated carbocycles. The average molecular weight is 370 g/mol. The number of benzene rings is 2. The molecule has 2 atom stereocenters. The quantitative estimate of drug-likeness (QED) is 0.691. The molecular weight excluding hydrogens is 348 g/mol. The predicted octanol–water partition coefficient (Wildman–Crippen LogP) is 3.77. The first-order valence-corrected chi connectivity index (χ1v) is 8.66. The molecule has 0 aromatic heterocycles. The lowest BCUT2D eigenvalue weighted by molar-refractivity contribution is 0.0793. The second-order valence-corrected chi connectivity index (χ2v) is 6.44. The number of hydrogen-bond acceptors (Lipinski definition) is 6. The minimum absolute atomic E-state index is 0.116. The molecule has 1 aliphatic rings. The van der Waals surface area contributed by atoms with Crippen molar-refractivity contribution in [2.24, 2.45) is 11.8 Å². The van der Waals surface area contributed by atoms with Crippen LogP contribution < -0.4 is 18.9 Å². The van der Waals surface area contributed by atoms with Crippen molar-refractivity contribution in [3.05, 3.63) is 47.5 Å². The predicted molar refractivity (Wildman–Crippen MR) is 99.1 cm³/mol. The van der Waals surface area contributed by atoms with Gasteiger partial charge in [0.05, 0.1) is 14.2 Å². The molecule has 2 aromatic carbocycles. The van der Waals surface area contributed by atoms with Crippen LogP contribution in [0.4, 0.5) is 0 Å². The Morgan fingerprint density at radius 3 is 2.00 bits per heavy atom. The minimum atomic E-state index is -0.499. The van der Waals surface area contributed by atoms with Crippen LogP contribution in [0.5, 0.6) is 23.0 Å². The zero-order chi connectivity index (χ0) is 19.6. The molecule has 0 spiro atoms. The molecule has 6 nitrogen and oxygen atoms in total. The molecule has 3 rings (SSSR count). The van der Waals surface area contributed by atoms with Crippen LogP contribution in [-0.4, -0.2) is 32.6 Å². The third-order valence-electron chi connectivity index (χ3n) is 4.90. The number of ketones is 2. The second-order valence-electron chi connectivity index (χ2n) is 6.44. The van der Waals surface area contributed by atoms with Crippen molar-refractivity contribution in [1.82, 2.24) is 0 Å². The molecule has 1 heterocycles. The van der Waals surface area contributed by atoms with Gasteiger partial charge in [-0.25, -0.2) is 0 Å². The topological polar surface area (TPSA) is 71.1 Å². The summed E-state index contributed by atoms with van der Waals surface area (Å²) in [6, 6.07) is 10.1. The number of Topliss-reactive ketones (excluding diaryl/α,β-unsaturated/α-hetero) is 2. The third-order valence-corrected chi connectivity index (χ3v) is 4.90. The number of carbonyl (C=O) groups is 2. The van der Waals surface area contributed by atoms with E-state index in [0.717, 1.165) is 0 Å². The summed E-state index contributed by atoms with van der Waals surface area (Å²) in [7, 11) is 3.05. The van der Waals surface area contributed by atoms with E-state index in [9.17, 15) is 9.59 Å². The Bertz CT molecular complexity index is 873. The standard InChI is InChI=1S/C21H22O6/c1-12(20(22)14-5-7-16(24-3)18(9-14)25-4)13(2)21(23)15-6-8-17-19(10-15)27-11-26-17/h5-10,12-13H,11H2,1-4H3/t12-,13-/m1/s1. The lowest BCUT2D eigenvalue weighted by Gasteiger charge is -2.19. The lowest BCUT2D eigenvalue weighted by atomic mass is 9.83. The Labute approximate surface area is 158 Å². The fraction of sp³-hybridized carbons (Fsp3) is 0.333. The van der Waals surface area contributed by atoms with Gasteiger partial charge in [-0.3, -0.25) is 9.59 Å². The number of hydrogen-bond donors (Lipinski definition) is 0. The molecule has 2 aromatic rings. The van der Waals surface area contributed by atoms with E-state index < -0.39 is 11.8 Å². The highest BCUT2D eigenvalue weighted by Gasteiger charge is 2.29. The summed E-state index contributed by atoms with van der Waals surface area (Å²) < 4.78 is 21.1. The molecular formula is C21H22O6. The van der Waals surface area contributed by atoms with Crippen LogP contribution in [0.2, 0.25) is 0 Å². The van der Waals surface area contributed by atoms with Crippen LogP contribution in [0.3, 0.4) is 0 Å². The molecule has 0 N–H and O–H groups in total. The lowest BCUT2D eigenvalue weighted by Crippen LogP contribution is -2.26. The Hall–Kier alpha value is -3.02. The summed E-state index contributed by atoms with van der Waals surface area (Å²) in [5, 5.41) is 0. The van der Waals surface area contributed by atoms with Crippen molar-refractivity contribution in [3.8, 4) is 23.0 Å². The van der Waals surface area contributed by atoms with E-state index in [1.165, 1.54) is 14.2 Å². The molecule has 27 heavy (non-hydrogen) atoms. The van der Waals surface area contributed by atoms with Crippen LogP contribution in [0.1, 0.15) is 34.6 Å². The normalized spacial score (nSPS) is 14.4. The molecule has 142 valence electrons. The molecule has 0 aliphatic carbocycles. The van der Waals surface area contributed by atoms with Crippen molar-refractivity contribution in [1.29, 1.82) is 0 Å². The number of carbonyl (C=O) groups excluding carboxylic acids is 2. The van der Waals surface area contributed by atoms with Gasteiger partial charge < -0.3 is 18.9 Å². The Balaban J connectivity index is 1.79. The van der Waals surface area contributed by atoms with Gasteiger partial charge in [-0.1, -0.05) is 13.8 Å². The summed E-state index contributed by atoms with van der Waals surface area (Å²) in [6.07, 6.45) is 0. The summed E-state index contributed by atoms with van der Waals surface area (Å²) >= 11 is 0. The van der Waals surface area contributed by atoms with Gasteiger partial charge in [0.25, 0.3) is 0 Å². The number of methoxy groups -OCH3 is 2. The minimum Gasteiger partial charge on any atom is -0.493 e. The van der Waals surface area contributed by atoms with Gasteiger partial charge in [-0.2, -0.15) is 0 Å². The molecule has 1 aliphatic heterocycles. The Kier molecular flexibility index (Phi) is 5.35. The van der Waals surface area contributed by atoms with E-state index >= 15 is 0 Å². The zero-order valence-electron chi connectivity index (χ0n) is 15.8. The van der Waals surface area contributed by atoms with Crippen LogP contribution in [0.15, 0.2) is 36.4 Å². The number of ether oxygens (including phenoxy) is 4. The molecule has 0 bridgehead atoms.